The first-order valence-electron chi connectivity index (χ1n) is 7.55. The first-order chi connectivity index (χ1) is 12.0. The molecule has 2 aromatic carbocycles. The molecule has 1 amide bonds. The van der Waals surface area contributed by atoms with Crippen LogP contribution in [-0.4, -0.2) is 35.7 Å². The number of amides is 1. The number of hydrogen-bond acceptors (Lipinski definition) is 4. The predicted molar refractivity (Wildman–Crippen MR) is 100 cm³/mol. The molecule has 2 atom stereocenters. The van der Waals surface area contributed by atoms with E-state index >= 15 is 0 Å². The average Bonchev–Trinajstić information content (AvgIpc) is 3.08. The molecule has 0 spiro atoms. The zero-order valence-corrected chi connectivity index (χ0v) is 15.6. The van der Waals surface area contributed by atoms with Crippen LogP contribution >= 0.6 is 35.0 Å². The van der Waals surface area contributed by atoms with Crippen LogP contribution in [0.25, 0.3) is 0 Å². The monoisotopic (exact) mass is 395 g/mol. The highest BCUT2D eigenvalue weighted by atomic mass is 35.5. The third-order valence-electron chi connectivity index (χ3n) is 3.96. The van der Waals surface area contributed by atoms with Gasteiger partial charge < -0.3 is 9.64 Å². The van der Waals surface area contributed by atoms with E-state index in [1.165, 1.54) is 18.9 Å². The van der Waals surface area contributed by atoms with Gasteiger partial charge in [0.25, 0.3) is 5.91 Å². The van der Waals surface area contributed by atoms with Crippen LogP contribution in [0, 0.1) is 0 Å². The summed E-state index contributed by atoms with van der Waals surface area (Å²) in [5.74, 6) is -0.202. The Morgan fingerprint density at radius 3 is 2.48 bits per heavy atom. The van der Waals surface area contributed by atoms with Gasteiger partial charge in [0.2, 0.25) is 0 Å². The van der Waals surface area contributed by atoms with E-state index in [-0.39, 0.29) is 11.3 Å². The van der Waals surface area contributed by atoms with E-state index in [2.05, 4.69) is 0 Å². The second-order valence-corrected chi connectivity index (χ2v) is 7.40. The Bertz CT molecular complexity index is 800. The van der Waals surface area contributed by atoms with E-state index in [0.29, 0.717) is 21.4 Å². The van der Waals surface area contributed by atoms with Gasteiger partial charge >= 0.3 is 5.97 Å². The second kappa shape index (κ2) is 7.68. The smallest absolute Gasteiger partial charge is 0.329 e. The molecule has 0 N–H and O–H groups in total. The lowest BCUT2D eigenvalue weighted by molar-refractivity contribution is -0.145. The molecule has 1 heterocycles. The van der Waals surface area contributed by atoms with Crippen molar-refractivity contribution < 1.29 is 14.3 Å². The molecule has 2 aromatic rings. The van der Waals surface area contributed by atoms with Crippen LogP contribution in [0.2, 0.25) is 10.0 Å². The SMILES string of the molecule is COC(=O)C1CSC(c2ccc(Cl)c(Cl)c2)N1C(=O)c1ccccc1. The topological polar surface area (TPSA) is 46.6 Å². The third-order valence-corrected chi connectivity index (χ3v) is 6.02. The lowest BCUT2D eigenvalue weighted by atomic mass is 10.1. The van der Waals surface area contributed by atoms with Crippen LogP contribution < -0.4 is 0 Å². The maximum absolute atomic E-state index is 13.1. The van der Waals surface area contributed by atoms with E-state index in [1.807, 2.05) is 12.1 Å². The summed E-state index contributed by atoms with van der Waals surface area (Å²) in [4.78, 5) is 26.8. The van der Waals surface area contributed by atoms with Crippen molar-refractivity contribution in [1.29, 1.82) is 0 Å². The van der Waals surface area contributed by atoms with Crippen molar-refractivity contribution in [3.8, 4) is 0 Å². The molecule has 1 fully saturated rings. The predicted octanol–water partition coefficient (Wildman–Crippen LogP) is 4.42. The van der Waals surface area contributed by atoms with Crippen LogP contribution in [0.4, 0.5) is 0 Å². The van der Waals surface area contributed by atoms with Crippen molar-refractivity contribution in [3.05, 3.63) is 69.7 Å². The number of esters is 1. The Kier molecular flexibility index (Phi) is 5.57. The van der Waals surface area contributed by atoms with Crippen molar-refractivity contribution in [2.24, 2.45) is 0 Å². The summed E-state index contributed by atoms with van der Waals surface area (Å²) in [6.45, 7) is 0. The molecule has 0 saturated carbocycles. The summed E-state index contributed by atoms with van der Waals surface area (Å²) in [6, 6.07) is 13.5. The number of rotatable bonds is 3. The van der Waals surface area contributed by atoms with E-state index in [4.69, 9.17) is 27.9 Å². The molecule has 0 aromatic heterocycles. The minimum absolute atomic E-state index is 0.225. The number of methoxy groups -OCH3 is 1. The maximum atomic E-state index is 13.1. The van der Waals surface area contributed by atoms with Gasteiger partial charge in [-0.3, -0.25) is 4.79 Å². The van der Waals surface area contributed by atoms with E-state index in [0.717, 1.165) is 5.56 Å². The molecule has 3 rings (SSSR count). The van der Waals surface area contributed by atoms with Gasteiger partial charge in [0.15, 0.2) is 0 Å². The van der Waals surface area contributed by atoms with Crippen LogP contribution in [0.15, 0.2) is 48.5 Å². The Balaban J connectivity index is 2.00. The summed E-state index contributed by atoms with van der Waals surface area (Å²) in [7, 11) is 1.32. The van der Waals surface area contributed by atoms with Gasteiger partial charge in [0.1, 0.15) is 11.4 Å². The van der Waals surface area contributed by atoms with Crippen LogP contribution in [0.1, 0.15) is 21.3 Å². The Hall–Kier alpha value is -1.69. The Morgan fingerprint density at radius 1 is 1.12 bits per heavy atom. The lowest BCUT2D eigenvalue weighted by Crippen LogP contribution is -2.43. The zero-order chi connectivity index (χ0) is 18.0. The van der Waals surface area contributed by atoms with Gasteiger partial charge in [0.05, 0.1) is 17.2 Å². The lowest BCUT2D eigenvalue weighted by Gasteiger charge is -2.28. The molecule has 0 aliphatic carbocycles. The molecule has 0 bridgehead atoms. The normalized spacial score (nSPS) is 19.7. The summed E-state index contributed by atoms with van der Waals surface area (Å²) >= 11 is 13.6. The van der Waals surface area contributed by atoms with Crippen molar-refractivity contribution in [1.82, 2.24) is 4.90 Å². The molecule has 1 saturated heterocycles. The number of ether oxygens (including phenoxy) is 1. The van der Waals surface area contributed by atoms with Gasteiger partial charge in [-0.2, -0.15) is 0 Å². The molecule has 7 heteroatoms. The molecule has 0 radical (unpaired) electrons. The number of nitrogens with zero attached hydrogens (tertiary/aromatic N) is 1. The number of carbonyl (C=O) groups is 2. The molecule has 1 aliphatic rings. The molecule has 130 valence electrons. The molecule has 25 heavy (non-hydrogen) atoms. The number of carbonyl (C=O) groups excluding carboxylic acids is 2. The summed E-state index contributed by atoms with van der Waals surface area (Å²) < 4.78 is 4.88. The largest absolute Gasteiger partial charge is 0.467 e. The van der Waals surface area contributed by atoms with E-state index < -0.39 is 12.0 Å². The quantitative estimate of drug-likeness (QED) is 0.721. The van der Waals surface area contributed by atoms with Gasteiger partial charge in [0, 0.05) is 11.3 Å². The third kappa shape index (κ3) is 3.64. The van der Waals surface area contributed by atoms with Gasteiger partial charge in [-0.05, 0) is 29.8 Å². The first kappa shape index (κ1) is 18.1. The fourth-order valence-corrected chi connectivity index (χ4v) is 4.43. The highest BCUT2D eigenvalue weighted by Gasteiger charge is 2.43. The number of hydrogen-bond donors (Lipinski definition) is 0. The van der Waals surface area contributed by atoms with Gasteiger partial charge in [-0.1, -0.05) is 47.5 Å². The minimum atomic E-state index is -0.651. The fraction of sp³-hybridized carbons (Fsp3) is 0.222. The van der Waals surface area contributed by atoms with Crippen molar-refractivity contribution in [3.63, 3.8) is 0 Å². The number of benzene rings is 2. The second-order valence-electron chi connectivity index (χ2n) is 5.48. The van der Waals surface area contributed by atoms with E-state index in [9.17, 15) is 9.59 Å². The molecule has 1 aliphatic heterocycles. The molecule has 4 nitrogen and oxygen atoms in total. The van der Waals surface area contributed by atoms with Gasteiger partial charge in [-0.15, -0.1) is 11.8 Å². The van der Waals surface area contributed by atoms with E-state index in [1.54, 1.807) is 41.3 Å². The standard InChI is InChI=1S/C18H15Cl2NO3S/c1-24-18(23)15-10-25-17(12-7-8-13(19)14(20)9-12)21(15)16(22)11-5-3-2-4-6-11/h2-9,15,17H,10H2,1H3. The summed E-state index contributed by atoms with van der Waals surface area (Å²) in [5.41, 5.74) is 1.33. The molecular formula is C18H15Cl2NO3S. The van der Waals surface area contributed by atoms with Crippen LogP contribution in [-0.2, 0) is 9.53 Å². The van der Waals surface area contributed by atoms with Crippen LogP contribution in [0.3, 0.4) is 0 Å². The maximum Gasteiger partial charge on any atom is 0.329 e. The number of halogens is 2. The molecular weight excluding hydrogens is 381 g/mol. The Morgan fingerprint density at radius 2 is 1.84 bits per heavy atom. The Labute approximate surface area is 160 Å². The number of thioether (sulfide) groups is 1. The summed E-state index contributed by atoms with van der Waals surface area (Å²) in [6.07, 6.45) is 0. The highest BCUT2D eigenvalue weighted by Crippen LogP contribution is 2.43. The fourth-order valence-electron chi connectivity index (χ4n) is 2.72. The van der Waals surface area contributed by atoms with Gasteiger partial charge in [-0.25, -0.2) is 4.79 Å². The minimum Gasteiger partial charge on any atom is -0.467 e. The van der Waals surface area contributed by atoms with Crippen molar-refractivity contribution in [2.45, 2.75) is 11.4 Å². The van der Waals surface area contributed by atoms with Crippen LogP contribution in [0.5, 0.6) is 0 Å². The average molecular weight is 396 g/mol. The zero-order valence-electron chi connectivity index (χ0n) is 13.3. The first-order valence-corrected chi connectivity index (χ1v) is 9.35. The van der Waals surface area contributed by atoms with Crippen molar-refractivity contribution in [2.75, 3.05) is 12.9 Å². The summed E-state index contributed by atoms with van der Waals surface area (Å²) in [5, 5.41) is 0.513. The highest BCUT2D eigenvalue weighted by molar-refractivity contribution is 7.99. The van der Waals surface area contributed by atoms with Crippen molar-refractivity contribution >= 4 is 46.8 Å². The molecule has 2 unspecified atom stereocenters.